The first-order valence-electron chi connectivity index (χ1n) is 16.9. The summed E-state index contributed by atoms with van der Waals surface area (Å²) in [6.07, 6.45) is 7.61. The zero-order valence-electron chi connectivity index (χ0n) is 27.6. The maximum atomic E-state index is 13.7. The molecule has 0 fully saturated rings. The lowest BCUT2D eigenvalue weighted by atomic mass is 9.87. The van der Waals surface area contributed by atoms with E-state index in [1.165, 1.54) is 16.7 Å². The summed E-state index contributed by atoms with van der Waals surface area (Å²) < 4.78 is 5.51. The molecule has 4 unspecified atom stereocenters. The summed E-state index contributed by atoms with van der Waals surface area (Å²) in [5.74, 6) is -0.250. The molecule has 0 aromatic heterocycles. The van der Waals surface area contributed by atoms with Gasteiger partial charge in [-0.15, -0.1) is 0 Å². The molecule has 0 radical (unpaired) electrons. The highest BCUT2D eigenvalue weighted by atomic mass is 16.6. The molecule has 0 saturated heterocycles. The summed E-state index contributed by atoms with van der Waals surface area (Å²) in [4.78, 5) is 39.7. The summed E-state index contributed by atoms with van der Waals surface area (Å²) >= 11 is 0. The molecule has 3 aliphatic rings. The van der Waals surface area contributed by atoms with Gasteiger partial charge in [0.1, 0.15) is 17.7 Å². The van der Waals surface area contributed by atoms with Crippen LogP contribution in [0.15, 0.2) is 78.9 Å². The van der Waals surface area contributed by atoms with Gasteiger partial charge in [0.25, 0.3) is 0 Å². The molecule has 0 saturated carbocycles. The van der Waals surface area contributed by atoms with Gasteiger partial charge in [0.15, 0.2) is 0 Å². The lowest BCUT2D eigenvalue weighted by molar-refractivity contribution is -0.124. The van der Waals surface area contributed by atoms with Gasteiger partial charge in [-0.1, -0.05) is 78.9 Å². The van der Waals surface area contributed by atoms with Gasteiger partial charge in [-0.05, 0) is 98.2 Å². The fourth-order valence-corrected chi connectivity index (χ4v) is 7.00. The van der Waals surface area contributed by atoms with Gasteiger partial charge < -0.3 is 20.7 Å². The Kier molecular flexibility index (Phi) is 9.78. The minimum Gasteiger partial charge on any atom is -0.444 e. The number of ether oxygens (including phenoxy) is 1. The van der Waals surface area contributed by atoms with Crippen molar-refractivity contribution in [3.63, 3.8) is 0 Å². The van der Waals surface area contributed by atoms with Crippen molar-refractivity contribution in [3.05, 3.63) is 112 Å². The Balaban J connectivity index is 1.11. The molecule has 0 bridgehead atoms. The van der Waals surface area contributed by atoms with Crippen molar-refractivity contribution in [1.29, 1.82) is 0 Å². The number of alkyl carbamates (subject to hydrolysis) is 1. The summed E-state index contributed by atoms with van der Waals surface area (Å²) in [7, 11) is 0. The molecule has 1 heterocycles. The third kappa shape index (κ3) is 8.11. The van der Waals surface area contributed by atoms with Crippen molar-refractivity contribution in [2.45, 2.75) is 95.5 Å². The SMILES string of the molecule is CC(C)(C)OC(=O)NC(Cc1ccc(C2=CC(C(=O)NC3CCCc4ccccc43)NC2)cc1)C(=O)NC1CCCc2ccccc21. The van der Waals surface area contributed by atoms with Gasteiger partial charge in [0.05, 0.1) is 12.1 Å². The predicted molar refractivity (Wildman–Crippen MR) is 184 cm³/mol. The second-order valence-electron chi connectivity index (χ2n) is 14.0. The third-order valence-electron chi connectivity index (χ3n) is 9.31. The lowest BCUT2D eigenvalue weighted by Crippen LogP contribution is -2.50. The fourth-order valence-electron chi connectivity index (χ4n) is 7.00. The van der Waals surface area contributed by atoms with Crippen LogP contribution in [0.5, 0.6) is 0 Å². The van der Waals surface area contributed by atoms with E-state index in [0.717, 1.165) is 60.8 Å². The summed E-state index contributed by atoms with van der Waals surface area (Å²) in [5, 5.41) is 12.6. The first-order valence-corrected chi connectivity index (χ1v) is 16.9. The topological polar surface area (TPSA) is 109 Å². The van der Waals surface area contributed by atoms with Crippen molar-refractivity contribution >= 4 is 23.5 Å². The fraction of sp³-hybridized carbons (Fsp3) is 0.410. The standard InChI is InChI=1S/C39H46N4O4/c1-39(2,3)47-38(46)43-35(37(45)42-33-17-9-13-28-11-5-7-15-31(28)33)22-25-18-20-26(21-19-25)29-23-34(40-24-29)36(44)41-32-16-8-12-27-10-4-6-14-30(27)32/h4-7,10-11,14-15,18-21,23,32-35,40H,8-9,12-13,16-17,22,24H2,1-3H3,(H,41,44)(H,42,45)(H,43,46). The highest BCUT2D eigenvalue weighted by Gasteiger charge is 2.30. The number of carbonyl (C=O) groups excluding carboxylic acids is 3. The van der Waals surface area contributed by atoms with Crippen molar-refractivity contribution in [2.24, 2.45) is 0 Å². The monoisotopic (exact) mass is 634 g/mol. The molecule has 4 N–H and O–H groups in total. The number of aryl methyl sites for hydroxylation is 2. The number of benzene rings is 3. The second-order valence-corrected chi connectivity index (χ2v) is 14.0. The molecule has 8 nitrogen and oxygen atoms in total. The maximum absolute atomic E-state index is 13.7. The molecule has 1 aliphatic heterocycles. The number of nitrogens with one attached hydrogen (secondary N) is 4. The molecular weight excluding hydrogens is 588 g/mol. The average molecular weight is 635 g/mol. The Hall–Kier alpha value is -4.43. The van der Waals surface area contributed by atoms with Gasteiger partial charge in [0.2, 0.25) is 11.8 Å². The molecular formula is C39H46N4O4. The minimum absolute atomic E-state index is 0.0130. The number of hydrogen-bond acceptors (Lipinski definition) is 5. The van der Waals surface area contributed by atoms with Crippen LogP contribution in [0.25, 0.3) is 5.57 Å². The third-order valence-corrected chi connectivity index (χ3v) is 9.31. The van der Waals surface area contributed by atoms with Gasteiger partial charge in [0, 0.05) is 13.0 Å². The molecule has 8 heteroatoms. The highest BCUT2D eigenvalue weighted by Crippen LogP contribution is 2.31. The largest absolute Gasteiger partial charge is 0.444 e. The van der Waals surface area contributed by atoms with Crippen LogP contribution >= 0.6 is 0 Å². The van der Waals surface area contributed by atoms with E-state index < -0.39 is 23.8 Å². The molecule has 47 heavy (non-hydrogen) atoms. The van der Waals surface area contributed by atoms with E-state index >= 15 is 0 Å². The number of fused-ring (bicyclic) bond motifs is 2. The van der Waals surface area contributed by atoms with E-state index in [2.05, 4.69) is 51.6 Å². The molecule has 6 rings (SSSR count). The van der Waals surface area contributed by atoms with Gasteiger partial charge >= 0.3 is 6.09 Å². The zero-order valence-corrected chi connectivity index (χ0v) is 27.6. The number of carbonyl (C=O) groups is 3. The predicted octanol–water partition coefficient (Wildman–Crippen LogP) is 5.87. The van der Waals surface area contributed by atoms with E-state index in [0.29, 0.717) is 13.0 Å². The molecule has 4 atom stereocenters. The normalized spacial score (nSPS) is 21.0. The molecule has 3 aromatic rings. The van der Waals surface area contributed by atoms with Crippen LogP contribution in [0.4, 0.5) is 4.79 Å². The molecule has 2 aliphatic carbocycles. The van der Waals surface area contributed by atoms with Crippen molar-refractivity contribution in [2.75, 3.05) is 6.54 Å². The smallest absolute Gasteiger partial charge is 0.408 e. The average Bonchev–Trinajstić information content (AvgIpc) is 3.55. The van der Waals surface area contributed by atoms with Gasteiger partial charge in [-0.2, -0.15) is 0 Å². The Morgan fingerprint density at radius 1 is 0.830 bits per heavy atom. The van der Waals surface area contributed by atoms with E-state index in [-0.39, 0.29) is 23.9 Å². The van der Waals surface area contributed by atoms with Crippen LogP contribution in [0.2, 0.25) is 0 Å². The lowest BCUT2D eigenvalue weighted by Gasteiger charge is -2.29. The number of hydrogen-bond donors (Lipinski definition) is 4. The summed E-state index contributed by atoms with van der Waals surface area (Å²) in [6.45, 7) is 5.99. The van der Waals surface area contributed by atoms with Crippen LogP contribution in [0, 0.1) is 0 Å². The van der Waals surface area contributed by atoms with Crippen molar-refractivity contribution in [1.82, 2.24) is 21.3 Å². The van der Waals surface area contributed by atoms with E-state index in [9.17, 15) is 14.4 Å². The van der Waals surface area contributed by atoms with E-state index in [4.69, 9.17) is 4.74 Å². The highest BCUT2D eigenvalue weighted by molar-refractivity contribution is 5.89. The van der Waals surface area contributed by atoms with Crippen LogP contribution in [-0.2, 0) is 33.6 Å². The first kappa shape index (κ1) is 32.5. The van der Waals surface area contributed by atoms with Crippen LogP contribution < -0.4 is 21.3 Å². The Bertz CT molecular complexity index is 1640. The van der Waals surface area contributed by atoms with Crippen LogP contribution in [-0.4, -0.2) is 42.1 Å². The molecule has 3 amide bonds. The number of amides is 3. The first-order chi connectivity index (χ1) is 22.6. The Morgan fingerprint density at radius 3 is 2.04 bits per heavy atom. The second kappa shape index (κ2) is 14.1. The van der Waals surface area contributed by atoms with E-state index in [1.54, 1.807) is 20.8 Å². The van der Waals surface area contributed by atoms with Crippen molar-refractivity contribution < 1.29 is 19.1 Å². The molecule has 246 valence electrons. The van der Waals surface area contributed by atoms with Crippen molar-refractivity contribution in [3.8, 4) is 0 Å². The van der Waals surface area contributed by atoms with E-state index in [1.807, 2.05) is 48.5 Å². The summed E-state index contributed by atoms with van der Waals surface area (Å²) in [6, 6.07) is 23.3. The molecule has 3 aromatic carbocycles. The maximum Gasteiger partial charge on any atom is 0.408 e. The minimum atomic E-state index is -0.810. The Morgan fingerprint density at radius 2 is 1.43 bits per heavy atom. The summed E-state index contributed by atoms with van der Waals surface area (Å²) in [5.41, 5.74) is 7.23. The Labute approximate surface area is 277 Å². The van der Waals surface area contributed by atoms with Gasteiger partial charge in [-0.3, -0.25) is 14.9 Å². The zero-order chi connectivity index (χ0) is 33.0. The van der Waals surface area contributed by atoms with Gasteiger partial charge in [-0.25, -0.2) is 4.79 Å². The van der Waals surface area contributed by atoms with Crippen LogP contribution in [0.3, 0.4) is 0 Å². The number of rotatable bonds is 8. The van der Waals surface area contributed by atoms with Crippen LogP contribution in [0.1, 0.15) is 91.9 Å². The quantitative estimate of drug-likeness (QED) is 0.248. The molecule has 0 spiro atoms.